The number of ether oxygens (including phenoxy) is 2. The van der Waals surface area contributed by atoms with Gasteiger partial charge in [-0.15, -0.1) is 11.3 Å². The maximum Gasteiger partial charge on any atom is 0.274 e. The number of aromatic nitrogens is 1. The van der Waals surface area contributed by atoms with Crippen molar-refractivity contribution in [1.29, 1.82) is 0 Å². The van der Waals surface area contributed by atoms with Crippen molar-refractivity contribution in [2.45, 2.75) is 26.3 Å². The van der Waals surface area contributed by atoms with E-state index in [9.17, 15) is 9.59 Å². The predicted octanol–water partition coefficient (Wildman–Crippen LogP) is 4.33. The molecule has 8 heteroatoms. The first-order valence-electron chi connectivity index (χ1n) is 11.7. The highest BCUT2D eigenvalue weighted by molar-refractivity contribution is 7.15. The quantitative estimate of drug-likeness (QED) is 0.532. The third-order valence-electron chi connectivity index (χ3n) is 6.90. The number of benzene rings is 2. The molecular weight excluding hydrogens is 462 g/mol. The minimum atomic E-state index is -0.248. The summed E-state index contributed by atoms with van der Waals surface area (Å²) in [6.07, 6.45) is 1.09. The molecule has 2 aromatic carbocycles. The van der Waals surface area contributed by atoms with Crippen LogP contribution in [0.15, 0.2) is 42.5 Å². The summed E-state index contributed by atoms with van der Waals surface area (Å²) in [5.74, 6) is 1.66. The molecule has 2 fully saturated rings. The second-order valence-corrected chi connectivity index (χ2v) is 10.4. The number of aryl methyl sites for hydroxylation is 2. The van der Waals surface area contributed by atoms with Gasteiger partial charge in [-0.25, -0.2) is 4.98 Å². The summed E-state index contributed by atoms with van der Waals surface area (Å²) in [6.45, 7) is 5.07. The Morgan fingerprint density at radius 3 is 2.71 bits per heavy atom. The van der Waals surface area contributed by atoms with Crippen molar-refractivity contribution < 1.29 is 19.1 Å². The molecule has 3 atom stereocenters. The average molecular weight is 492 g/mol. The molecule has 0 bridgehead atoms. The monoisotopic (exact) mass is 491 g/mol. The number of thiazole rings is 1. The van der Waals surface area contributed by atoms with Gasteiger partial charge in [-0.1, -0.05) is 29.8 Å². The van der Waals surface area contributed by atoms with E-state index >= 15 is 0 Å². The fraction of sp³-hybridized carbons (Fsp3) is 0.370. The summed E-state index contributed by atoms with van der Waals surface area (Å²) >= 11 is 1.55. The Balaban J connectivity index is 1.35. The van der Waals surface area contributed by atoms with Crippen LogP contribution in [0.2, 0.25) is 0 Å². The first-order valence-corrected chi connectivity index (χ1v) is 12.6. The van der Waals surface area contributed by atoms with Crippen molar-refractivity contribution in [3.05, 3.63) is 64.3 Å². The predicted molar refractivity (Wildman–Crippen MR) is 135 cm³/mol. The molecule has 7 nitrogen and oxygen atoms in total. The van der Waals surface area contributed by atoms with Crippen molar-refractivity contribution in [3.63, 3.8) is 0 Å². The first kappa shape index (κ1) is 23.4. The SMILES string of the molecule is COc1ccc(OC)c(C(=O)NC[C@@H]2[C@H]3C[C@H]3CN2C(=O)c2nc(C)sc2-c2cccc(C)c2)c1. The highest BCUT2D eigenvalue weighted by Crippen LogP contribution is 2.50. The molecule has 1 N–H and O–H groups in total. The van der Waals surface area contributed by atoms with Gasteiger partial charge in [0.2, 0.25) is 0 Å². The number of rotatable bonds is 7. The number of nitrogens with zero attached hydrogens (tertiary/aromatic N) is 2. The van der Waals surface area contributed by atoms with Gasteiger partial charge in [0.1, 0.15) is 17.2 Å². The van der Waals surface area contributed by atoms with Gasteiger partial charge in [0, 0.05) is 13.1 Å². The van der Waals surface area contributed by atoms with E-state index in [1.807, 2.05) is 36.9 Å². The van der Waals surface area contributed by atoms with Crippen molar-refractivity contribution in [2.75, 3.05) is 27.3 Å². The minimum Gasteiger partial charge on any atom is -0.497 e. The van der Waals surface area contributed by atoms with Crippen LogP contribution in [-0.4, -0.2) is 55.0 Å². The summed E-state index contributed by atoms with van der Waals surface area (Å²) in [5, 5.41) is 3.90. The highest BCUT2D eigenvalue weighted by atomic mass is 32.1. The smallest absolute Gasteiger partial charge is 0.274 e. The number of carbonyl (C=O) groups is 2. The number of hydrogen-bond donors (Lipinski definition) is 1. The molecule has 1 aliphatic heterocycles. The van der Waals surface area contributed by atoms with Gasteiger partial charge in [0.25, 0.3) is 11.8 Å². The van der Waals surface area contributed by atoms with Gasteiger partial charge in [-0.05, 0) is 55.9 Å². The van der Waals surface area contributed by atoms with E-state index in [0.717, 1.165) is 27.4 Å². The van der Waals surface area contributed by atoms with Gasteiger partial charge in [-0.3, -0.25) is 9.59 Å². The summed E-state index contributed by atoms with van der Waals surface area (Å²) < 4.78 is 10.6. The van der Waals surface area contributed by atoms with Crippen LogP contribution in [0, 0.1) is 25.7 Å². The van der Waals surface area contributed by atoms with Crippen molar-refractivity contribution in [3.8, 4) is 21.9 Å². The number of fused-ring (bicyclic) bond motifs is 1. The van der Waals surface area contributed by atoms with Crippen LogP contribution in [0.5, 0.6) is 11.5 Å². The lowest BCUT2D eigenvalue weighted by atomic mass is 10.1. The van der Waals surface area contributed by atoms with Gasteiger partial charge in [-0.2, -0.15) is 0 Å². The van der Waals surface area contributed by atoms with Gasteiger partial charge < -0.3 is 19.7 Å². The highest BCUT2D eigenvalue weighted by Gasteiger charge is 2.54. The van der Waals surface area contributed by atoms with Crippen molar-refractivity contribution in [2.24, 2.45) is 11.8 Å². The standard InChI is InChI=1S/C27H29N3O4S/c1-15-6-5-7-17(10-15)25-24(29-16(2)35-25)27(32)30-14-18-11-20(18)22(30)13-28-26(31)21-12-19(33-3)8-9-23(21)34-4/h5-10,12,18,20,22H,11,13-14H2,1-4H3,(H,28,31)/t18-,20-,22+/m0/s1. The molecule has 1 saturated carbocycles. The average Bonchev–Trinajstić information content (AvgIpc) is 3.38. The van der Waals surface area contributed by atoms with Crippen LogP contribution in [0.25, 0.3) is 10.4 Å². The fourth-order valence-corrected chi connectivity index (χ4v) is 5.95. The molecule has 2 aliphatic rings. The molecule has 0 radical (unpaired) electrons. The van der Waals surface area contributed by atoms with E-state index in [4.69, 9.17) is 9.47 Å². The third kappa shape index (κ3) is 4.50. The first-order chi connectivity index (χ1) is 16.9. The van der Waals surface area contributed by atoms with Gasteiger partial charge in [0.05, 0.1) is 35.7 Å². The van der Waals surface area contributed by atoms with E-state index < -0.39 is 0 Å². The molecule has 2 heterocycles. The lowest BCUT2D eigenvalue weighted by Gasteiger charge is -2.27. The number of likely N-dealkylation sites (tertiary alicyclic amines) is 1. The van der Waals surface area contributed by atoms with E-state index in [2.05, 4.69) is 16.4 Å². The second kappa shape index (κ2) is 9.34. The maximum atomic E-state index is 13.7. The Labute approximate surface area is 209 Å². The fourth-order valence-electron chi connectivity index (χ4n) is 5.04. The van der Waals surface area contributed by atoms with Gasteiger partial charge >= 0.3 is 0 Å². The van der Waals surface area contributed by atoms with E-state index in [1.54, 1.807) is 36.6 Å². The Hall–Kier alpha value is -3.39. The zero-order valence-corrected chi connectivity index (χ0v) is 21.1. The van der Waals surface area contributed by atoms with E-state index in [1.165, 1.54) is 7.11 Å². The molecule has 0 spiro atoms. The Morgan fingerprint density at radius 2 is 1.97 bits per heavy atom. The van der Waals surface area contributed by atoms with Crippen LogP contribution in [0.3, 0.4) is 0 Å². The lowest BCUT2D eigenvalue weighted by molar-refractivity contribution is 0.0690. The third-order valence-corrected chi connectivity index (χ3v) is 7.92. The Bertz CT molecular complexity index is 1290. The Kier molecular flexibility index (Phi) is 6.23. The normalized spacial score (nSPS) is 20.3. The molecular formula is C27H29N3O4S. The van der Waals surface area contributed by atoms with Crippen LogP contribution < -0.4 is 14.8 Å². The van der Waals surface area contributed by atoms with Crippen LogP contribution in [-0.2, 0) is 0 Å². The Morgan fingerprint density at radius 1 is 1.14 bits per heavy atom. The zero-order valence-electron chi connectivity index (χ0n) is 20.3. The number of hydrogen-bond acceptors (Lipinski definition) is 6. The summed E-state index contributed by atoms with van der Waals surface area (Å²) in [5.41, 5.74) is 3.07. The number of methoxy groups -OCH3 is 2. The summed E-state index contributed by atoms with van der Waals surface area (Å²) in [6, 6.07) is 13.2. The number of amides is 2. The topological polar surface area (TPSA) is 80.8 Å². The molecule has 1 aliphatic carbocycles. The van der Waals surface area contributed by atoms with E-state index in [0.29, 0.717) is 47.7 Å². The second-order valence-electron chi connectivity index (χ2n) is 9.24. The van der Waals surface area contributed by atoms with Crippen LogP contribution in [0.1, 0.15) is 37.8 Å². The molecule has 1 saturated heterocycles. The molecule has 3 aromatic rings. The molecule has 35 heavy (non-hydrogen) atoms. The molecule has 0 unspecified atom stereocenters. The van der Waals surface area contributed by atoms with Gasteiger partial charge in [0.15, 0.2) is 0 Å². The largest absolute Gasteiger partial charge is 0.497 e. The number of nitrogens with one attached hydrogen (secondary N) is 1. The van der Waals surface area contributed by atoms with E-state index in [-0.39, 0.29) is 17.9 Å². The number of piperidine rings is 1. The minimum absolute atomic E-state index is 0.0552. The molecule has 2 amide bonds. The van der Waals surface area contributed by atoms with Crippen molar-refractivity contribution in [1.82, 2.24) is 15.2 Å². The molecule has 1 aromatic heterocycles. The summed E-state index contributed by atoms with van der Waals surface area (Å²) in [4.78, 5) is 34.2. The van der Waals surface area contributed by atoms with Crippen LogP contribution >= 0.6 is 11.3 Å². The molecule has 5 rings (SSSR count). The van der Waals surface area contributed by atoms with Crippen LogP contribution in [0.4, 0.5) is 0 Å². The zero-order chi connectivity index (χ0) is 24.7. The summed E-state index contributed by atoms with van der Waals surface area (Å²) in [7, 11) is 3.09. The van der Waals surface area contributed by atoms with Crippen molar-refractivity contribution >= 4 is 23.2 Å². The maximum absolute atomic E-state index is 13.7. The molecule has 182 valence electrons. The number of carbonyl (C=O) groups excluding carboxylic acids is 2. The lowest BCUT2D eigenvalue weighted by Crippen LogP contribution is -2.45.